The molecule has 0 radical (unpaired) electrons. The largest absolute Gasteiger partial charge is 0.462 e. The van der Waals surface area contributed by atoms with Crippen LogP contribution in [0.3, 0.4) is 0 Å². The zero-order chi connectivity index (χ0) is 15.3. The fraction of sp³-hybridized carbons (Fsp3) is 0.176. The average molecular weight is 293 g/mol. The van der Waals surface area contributed by atoms with Crippen LogP contribution in [0.4, 0.5) is 11.4 Å². The number of fused-ring (bicyclic) bond motifs is 2. The second-order valence-electron chi connectivity index (χ2n) is 5.25. The Balaban J connectivity index is 2.06. The second kappa shape index (κ2) is 4.59. The topological polar surface area (TPSA) is 56.1 Å². The lowest BCUT2D eigenvalue weighted by atomic mass is 9.97. The molecule has 0 spiro atoms. The van der Waals surface area contributed by atoms with E-state index in [-0.39, 0.29) is 5.97 Å². The summed E-state index contributed by atoms with van der Waals surface area (Å²) in [6.07, 6.45) is 0. The van der Waals surface area contributed by atoms with Gasteiger partial charge in [-0.15, -0.1) is 0 Å². The summed E-state index contributed by atoms with van der Waals surface area (Å²) in [5, 5.41) is 8.89. The highest BCUT2D eigenvalue weighted by molar-refractivity contribution is 6.15. The lowest BCUT2D eigenvalue weighted by molar-refractivity contribution is 0.0527. The van der Waals surface area contributed by atoms with Gasteiger partial charge in [-0.1, -0.05) is 18.2 Å². The van der Waals surface area contributed by atoms with E-state index in [0.717, 1.165) is 33.5 Å². The molecule has 0 saturated heterocycles. The Morgan fingerprint density at radius 3 is 2.91 bits per heavy atom. The van der Waals surface area contributed by atoms with Crippen molar-refractivity contribution in [1.82, 2.24) is 9.78 Å². The first-order valence-electron chi connectivity index (χ1n) is 7.24. The molecular formula is C17H15N3O2. The summed E-state index contributed by atoms with van der Waals surface area (Å²) >= 11 is 0. The van der Waals surface area contributed by atoms with Gasteiger partial charge in [0.25, 0.3) is 0 Å². The van der Waals surface area contributed by atoms with E-state index in [1.54, 1.807) is 13.0 Å². The van der Waals surface area contributed by atoms with Gasteiger partial charge in [-0.3, -0.25) is 4.68 Å². The smallest absolute Gasteiger partial charge is 0.340 e. The molecule has 0 saturated carbocycles. The summed E-state index contributed by atoms with van der Waals surface area (Å²) in [4.78, 5) is 12.2. The normalized spacial score (nSPS) is 11.9. The third-order valence-corrected chi connectivity index (χ3v) is 3.94. The molecule has 0 unspecified atom stereocenters. The molecule has 110 valence electrons. The maximum absolute atomic E-state index is 12.2. The number of hydrogen-bond donors (Lipinski definition) is 1. The van der Waals surface area contributed by atoms with Gasteiger partial charge in [-0.05, 0) is 25.1 Å². The van der Waals surface area contributed by atoms with Crippen LogP contribution >= 0.6 is 0 Å². The molecule has 0 atom stereocenters. The zero-order valence-corrected chi connectivity index (χ0v) is 12.4. The summed E-state index contributed by atoms with van der Waals surface area (Å²) in [6.45, 7) is 2.16. The van der Waals surface area contributed by atoms with Crippen molar-refractivity contribution in [3.63, 3.8) is 0 Å². The molecule has 0 aliphatic carbocycles. The summed E-state index contributed by atoms with van der Waals surface area (Å²) in [5.41, 5.74) is 5.25. The Morgan fingerprint density at radius 2 is 2.09 bits per heavy atom. The number of benzene rings is 2. The van der Waals surface area contributed by atoms with Crippen molar-refractivity contribution in [2.45, 2.75) is 6.92 Å². The van der Waals surface area contributed by atoms with Gasteiger partial charge in [0.1, 0.15) is 0 Å². The highest BCUT2D eigenvalue weighted by Gasteiger charge is 2.26. The predicted molar refractivity (Wildman–Crippen MR) is 85.4 cm³/mol. The van der Waals surface area contributed by atoms with Crippen LogP contribution in [0.25, 0.3) is 22.2 Å². The quantitative estimate of drug-likeness (QED) is 0.575. The maximum Gasteiger partial charge on any atom is 0.340 e. The molecular weight excluding hydrogens is 278 g/mol. The summed E-state index contributed by atoms with van der Waals surface area (Å²) in [7, 11) is 1.92. The van der Waals surface area contributed by atoms with Crippen LogP contribution in [0.1, 0.15) is 17.3 Å². The fourth-order valence-electron chi connectivity index (χ4n) is 3.04. The minimum absolute atomic E-state index is 0.318. The van der Waals surface area contributed by atoms with Gasteiger partial charge in [0.05, 0.1) is 34.5 Å². The summed E-state index contributed by atoms with van der Waals surface area (Å²) in [6, 6.07) is 11.7. The van der Waals surface area contributed by atoms with Gasteiger partial charge in [0, 0.05) is 18.3 Å². The number of hydrogen-bond acceptors (Lipinski definition) is 4. The number of esters is 1. The Bertz CT molecular complexity index is 912. The molecule has 1 aliphatic heterocycles. The number of nitrogens with one attached hydrogen (secondary N) is 1. The Morgan fingerprint density at radius 1 is 1.27 bits per heavy atom. The van der Waals surface area contributed by atoms with Crippen LogP contribution < -0.4 is 5.32 Å². The number of carbonyl (C=O) groups excluding carboxylic acids is 1. The van der Waals surface area contributed by atoms with Gasteiger partial charge < -0.3 is 10.1 Å². The minimum Gasteiger partial charge on any atom is -0.462 e. The number of ether oxygens (including phenoxy) is 1. The van der Waals surface area contributed by atoms with Crippen molar-refractivity contribution in [2.24, 2.45) is 7.05 Å². The van der Waals surface area contributed by atoms with Crippen LogP contribution in [0.2, 0.25) is 0 Å². The van der Waals surface area contributed by atoms with Crippen LogP contribution in [-0.2, 0) is 11.8 Å². The van der Waals surface area contributed by atoms with Gasteiger partial charge in [0.2, 0.25) is 0 Å². The van der Waals surface area contributed by atoms with Gasteiger partial charge in [0.15, 0.2) is 0 Å². The summed E-state index contributed by atoms with van der Waals surface area (Å²) in [5.74, 6) is -0.318. The van der Waals surface area contributed by atoms with Crippen molar-refractivity contribution in [2.75, 3.05) is 11.9 Å². The molecule has 1 aromatic heterocycles. The van der Waals surface area contributed by atoms with E-state index in [0.29, 0.717) is 12.2 Å². The van der Waals surface area contributed by atoms with E-state index in [4.69, 9.17) is 4.74 Å². The SMILES string of the molecule is CCOC(=O)c1ccc2nn(C)c3c2c1Nc1ccccc1-3. The fourth-order valence-corrected chi connectivity index (χ4v) is 3.04. The first-order valence-corrected chi connectivity index (χ1v) is 7.24. The van der Waals surface area contributed by atoms with Crippen LogP contribution in [0.5, 0.6) is 0 Å². The molecule has 2 aromatic carbocycles. The van der Waals surface area contributed by atoms with Crippen LogP contribution in [0, 0.1) is 0 Å². The molecule has 0 bridgehead atoms. The third kappa shape index (κ3) is 1.65. The highest BCUT2D eigenvalue weighted by Crippen LogP contribution is 2.44. The standard InChI is InChI=1S/C17H15N3O2/c1-3-22-17(21)11-8-9-13-14-15(11)18-12-7-5-4-6-10(12)16(14)20(2)19-13/h4-9,18H,3H2,1-2H3. The van der Waals surface area contributed by atoms with Crippen LogP contribution in [0.15, 0.2) is 36.4 Å². The maximum atomic E-state index is 12.2. The first-order chi connectivity index (χ1) is 10.7. The van der Waals surface area contributed by atoms with E-state index < -0.39 is 0 Å². The third-order valence-electron chi connectivity index (χ3n) is 3.94. The second-order valence-corrected chi connectivity index (χ2v) is 5.25. The molecule has 0 amide bonds. The first kappa shape index (κ1) is 12.9. The number of carbonyl (C=O) groups is 1. The van der Waals surface area contributed by atoms with E-state index in [1.807, 2.05) is 36.0 Å². The molecule has 5 nitrogen and oxygen atoms in total. The van der Waals surface area contributed by atoms with Crippen molar-refractivity contribution >= 4 is 28.2 Å². The molecule has 2 heterocycles. The van der Waals surface area contributed by atoms with Gasteiger partial charge in [-0.25, -0.2) is 4.79 Å². The molecule has 1 aliphatic rings. The molecule has 1 N–H and O–H groups in total. The van der Waals surface area contributed by atoms with Crippen molar-refractivity contribution < 1.29 is 9.53 Å². The lowest BCUT2D eigenvalue weighted by Gasteiger charge is -2.21. The number of anilines is 2. The van der Waals surface area contributed by atoms with E-state index in [9.17, 15) is 4.79 Å². The predicted octanol–water partition coefficient (Wildman–Crippen LogP) is 3.47. The molecule has 4 rings (SSSR count). The molecule has 0 fully saturated rings. The Labute approximate surface area is 127 Å². The van der Waals surface area contributed by atoms with Gasteiger partial charge >= 0.3 is 5.97 Å². The molecule has 5 heteroatoms. The number of aryl methyl sites for hydroxylation is 1. The van der Waals surface area contributed by atoms with Crippen molar-refractivity contribution in [3.05, 3.63) is 42.0 Å². The van der Waals surface area contributed by atoms with Crippen molar-refractivity contribution in [1.29, 1.82) is 0 Å². The van der Waals surface area contributed by atoms with Gasteiger partial charge in [-0.2, -0.15) is 5.10 Å². The highest BCUT2D eigenvalue weighted by atomic mass is 16.5. The van der Waals surface area contributed by atoms with E-state index in [1.165, 1.54) is 0 Å². The molecule has 3 aromatic rings. The Hall–Kier alpha value is -2.82. The minimum atomic E-state index is -0.318. The number of aromatic nitrogens is 2. The van der Waals surface area contributed by atoms with E-state index >= 15 is 0 Å². The summed E-state index contributed by atoms with van der Waals surface area (Å²) < 4.78 is 7.04. The average Bonchev–Trinajstić information content (AvgIpc) is 2.86. The number of nitrogens with zero attached hydrogens (tertiary/aromatic N) is 2. The number of para-hydroxylation sites is 1. The van der Waals surface area contributed by atoms with Crippen LogP contribution in [-0.4, -0.2) is 22.4 Å². The van der Waals surface area contributed by atoms with E-state index in [2.05, 4.69) is 16.5 Å². The molecule has 22 heavy (non-hydrogen) atoms. The lowest BCUT2D eigenvalue weighted by Crippen LogP contribution is -2.10. The zero-order valence-electron chi connectivity index (χ0n) is 12.4. The van der Waals surface area contributed by atoms with Crippen molar-refractivity contribution in [3.8, 4) is 11.3 Å². The Kier molecular flexibility index (Phi) is 2.69. The monoisotopic (exact) mass is 293 g/mol. The number of rotatable bonds is 2.